The molecule has 0 bridgehead atoms. The number of hydrogen-bond donors (Lipinski definition) is 0. The summed E-state index contributed by atoms with van der Waals surface area (Å²) in [6.07, 6.45) is 0. The molecular formula is C16H18N4O3S. The number of aromatic nitrogens is 1. The van der Waals surface area contributed by atoms with Gasteiger partial charge >= 0.3 is 0 Å². The van der Waals surface area contributed by atoms with Gasteiger partial charge in [0, 0.05) is 56.2 Å². The quantitative estimate of drug-likeness (QED) is 0.627. The Kier molecular flexibility index (Phi) is 4.86. The van der Waals surface area contributed by atoms with Crippen molar-refractivity contribution in [2.45, 2.75) is 13.5 Å². The summed E-state index contributed by atoms with van der Waals surface area (Å²) in [7, 11) is 0. The second-order valence-corrected chi connectivity index (χ2v) is 6.66. The third-order valence-electron chi connectivity index (χ3n) is 4.10. The van der Waals surface area contributed by atoms with Crippen molar-refractivity contribution in [1.82, 2.24) is 14.8 Å². The normalized spacial score (nSPS) is 15.5. The van der Waals surface area contributed by atoms with Crippen molar-refractivity contribution in [3.8, 4) is 11.3 Å². The Hall–Kier alpha value is -2.32. The molecule has 0 unspecified atom stereocenters. The summed E-state index contributed by atoms with van der Waals surface area (Å²) in [6, 6.07) is 6.44. The maximum Gasteiger partial charge on any atom is 0.269 e. The molecule has 1 fully saturated rings. The zero-order valence-corrected chi connectivity index (χ0v) is 14.2. The fourth-order valence-electron chi connectivity index (χ4n) is 2.68. The molecule has 1 aliphatic heterocycles. The Labute approximate surface area is 143 Å². The summed E-state index contributed by atoms with van der Waals surface area (Å²) in [5, 5.41) is 13.7. The van der Waals surface area contributed by atoms with E-state index in [1.807, 2.05) is 10.3 Å². The van der Waals surface area contributed by atoms with Crippen molar-refractivity contribution in [2.75, 3.05) is 26.2 Å². The summed E-state index contributed by atoms with van der Waals surface area (Å²) in [4.78, 5) is 30.4. The van der Waals surface area contributed by atoms with E-state index in [2.05, 4.69) is 9.88 Å². The average molecular weight is 346 g/mol. The van der Waals surface area contributed by atoms with Gasteiger partial charge in [0.15, 0.2) is 0 Å². The van der Waals surface area contributed by atoms with Crippen LogP contribution in [0.1, 0.15) is 11.9 Å². The molecule has 0 spiro atoms. The maximum absolute atomic E-state index is 11.3. The minimum absolute atomic E-state index is 0.0811. The van der Waals surface area contributed by atoms with Crippen LogP contribution in [-0.4, -0.2) is 51.8 Å². The second kappa shape index (κ2) is 7.06. The molecule has 3 rings (SSSR count). The van der Waals surface area contributed by atoms with Gasteiger partial charge in [0.05, 0.1) is 17.2 Å². The van der Waals surface area contributed by atoms with Crippen molar-refractivity contribution >= 4 is 22.9 Å². The van der Waals surface area contributed by atoms with Crippen LogP contribution in [0.15, 0.2) is 29.6 Å². The molecule has 0 atom stereocenters. The van der Waals surface area contributed by atoms with Gasteiger partial charge in [0.1, 0.15) is 5.01 Å². The van der Waals surface area contributed by atoms with Crippen LogP contribution >= 0.6 is 11.3 Å². The molecule has 126 valence electrons. The molecule has 1 aromatic carbocycles. The van der Waals surface area contributed by atoms with E-state index in [-0.39, 0.29) is 11.6 Å². The van der Waals surface area contributed by atoms with Crippen molar-refractivity contribution < 1.29 is 9.72 Å². The third kappa shape index (κ3) is 3.77. The van der Waals surface area contributed by atoms with E-state index in [1.54, 1.807) is 30.4 Å². The summed E-state index contributed by atoms with van der Waals surface area (Å²) in [5.74, 6) is 0.129. The van der Waals surface area contributed by atoms with Gasteiger partial charge in [-0.3, -0.25) is 19.8 Å². The predicted octanol–water partition coefficient (Wildman–Crippen LogP) is 2.38. The van der Waals surface area contributed by atoms with Gasteiger partial charge in [-0.2, -0.15) is 0 Å². The Morgan fingerprint density at radius 3 is 2.50 bits per heavy atom. The number of rotatable bonds is 4. The number of carbonyl (C=O) groups excluding carboxylic acids is 1. The molecule has 1 aliphatic rings. The van der Waals surface area contributed by atoms with Crippen LogP contribution in [0.3, 0.4) is 0 Å². The summed E-state index contributed by atoms with van der Waals surface area (Å²) in [5.41, 5.74) is 1.80. The molecule has 2 aromatic rings. The van der Waals surface area contributed by atoms with Crippen LogP contribution < -0.4 is 0 Å². The molecule has 1 saturated heterocycles. The SMILES string of the molecule is CC(=O)N1CCN(Cc2nc(-c3ccc([N+](=O)[O-])cc3)cs2)CC1. The smallest absolute Gasteiger partial charge is 0.269 e. The third-order valence-corrected chi connectivity index (χ3v) is 4.94. The first-order valence-electron chi connectivity index (χ1n) is 7.70. The van der Waals surface area contributed by atoms with Gasteiger partial charge in [-0.25, -0.2) is 4.98 Å². The van der Waals surface area contributed by atoms with Gasteiger partial charge < -0.3 is 4.90 Å². The number of amides is 1. The lowest BCUT2D eigenvalue weighted by atomic mass is 10.1. The van der Waals surface area contributed by atoms with E-state index in [1.165, 1.54) is 12.1 Å². The molecule has 0 N–H and O–H groups in total. The average Bonchev–Trinajstić information content (AvgIpc) is 3.04. The largest absolute Gasteiger partial charge is 0.340 e. The van der Waals surface area contributed by atoms with Crippen molar-refractivity contribution in [2.24, 2.45) is 0 Å². The van der Waals surface area contributed by atoms with Gasteiger partial charge in [-0.15, -0.1) is 11.3 Å². The highest BCUT2D eigenvalue weighted by atomic mass is 32.1. The predicted molar refractivity (Wildman–Crippen MR) is 91.7 cm³/mol. The summed E-state index contributed by atoms with van der Waals surface area (Å²) >= 11 is 1.59. The second-order valence-electron chi connectivity index (χ2n) is 5.71. The molecule has 1 aromatic heterocycles. The zero-order valence-electron chi connectivity index (χ0n) is 13.3. The molecule has 8 heteroatoms. The number of carbonyl (C=O) groups is 1. The maximum atomic E-state index is 11.3. The number of nitrogens with zero attached hydrogens (tertiary/aromatic N) is 4. The number of hydrogen-bond acceptors (Lipinski definition) is 6. The van der Waals surface area contributed by atoms with Gasteiger partial charge in [-0.1, -0.05) is 0 Å². The molecule has 1 amide bonds. The first-order chi connectivity index (χ1) is 11.5. The minimum Gasteiger partial charge on any atom is -0.340 e. The minimum atomic E-state index is -0.406. The van der Waals surface area contributed by atoms with Crippen LogP contribution in [0, 0.1) is 10.1 Å². The van der Waals surface area contributed by atoms with Crippen molar-refractivity contribution in [3.63, 3.8) is 0 Å². The topological polar surface area (TPSA) is 79.6 Å². The Balaban J connectivity index is 1.61. The standard InChI is InChI=1S/C16H18N4O3S/c1-12(21)19-8-6-18(7-9-19)10-16-17-15(11-24-16)13-2-4-14(5-3-13)20(22)23/h2-5,11H,6-10H2,1H3. The highest BCUT2D eigenvalue weighted by molar-refractivity contribution is 7.09. The Bertz CT molecular complexity index is 736. The highest BCUT2D eigenvalue weighted by Crippen LogP contribution is 2.25. The highest BCUT2D eigenvalue weighted by Gasteiger charge is 2.19. The summed E-state index contributed by atoms with van der Waals surface area (Å²) < 4.78 is 0. The molecule has 0 saturated carbocycles. The Morgan fingerprint density at radius 2 is 1.92 bits per heavy atom. The van der Waals surface area contributed by atoms with Crippen molar-refractivity contribution in [3.05, 3.63) is 44.8 Å². The van der Waals surface area contributed by atoms with Gasteiger partial charge in [0.2, 0.25) is 5.91 Å². The number of piperazine rings is 1. The lowest BCUT2D eigenvalue weighted by molar-refractivity contribution is -0.384. The molecular weight excluding hydrogens is 328 g/mol. The lowest BCUT2D eigenvalue weighted by Crippen LogP contribution is -2.47. The van der Waals surface area contributed by atoms with Crippen molar-refractivity contribution in [1.29, 1.82) is 0 Å². The zero-order chi connectivity index (χ0) is 17.1. The van der Waals surface area contributed by atoms with E-state index in [4.69, 9.17) is 0 Å². The first kappa shape index (κ1) is 16.5. The van der Waals surface area contributed by atoms with Crippen LogP contribution in [0.25, 0.3) is 11.3 Å². The van der Waals surface area contributed by atoms with Gasteiger partial charge in [0.25, 0.3) is 5.69 Å². The van der Waals surface area contributed by atoms with E-state index >= 15 is 0 Å². The summed E-state index contributed by atoms with van der Waals surface area (Å²) in [6.45, 7) is 5.60. The monoisotopic (exact) mass is 346 g/mol. The van der Waals surface area contributed by atoms with Gasteiger partial charge in [-0.05, 0) is 12.1 Å². The fraction of sp³-hybridized carbons (Fsp3) is 0.375. The first-order valence-corrected chi connectivity index (χ1v) is 8.58. The van der Waals surface area contributed by atoms with Crippen LogP contribution in [0.4, 0.5) is 5.69 Å². The van der Waals surface area contributed by atoms with E-state index in [0.29, 0.717) is 0 Å². The molecule has 24 heavy (non-hydrogen) atoms. The fourth-order valence-corrected chi connectivity index (χ4v) is 3.53. The molecule has 7 nitrogen and oxygen atoms in total. The molecule has 0 aliphatic carbocycles. The van der Waals surface area contributed by atoms with E-state index in [0.717, 1.165) is 49.0 Å². The number of benzene rings is 1. The number of thiazole rings is 1. The van der Waals surface area contributed by atoms with Crippen LogP contribution in [-0.2, 0) is 11.3 Å². The van der Waals surface area contributed by atoms with E-state index < -0.39 is 4.92 Å². The van der Waals surface area contributed by atoms with Crippen LogP contribution in [0.5, 0.6) is 0 Å². The Morgan fingerprint density at radius 1 is 1.25 bits per heavy atom. The lowest BCUT2D eigenvalue weighted by Gasteiger charge is -2.33. The number of non-ortho nitro benzene ring substituents is 1. The van der Waals surface area contributed by atoms with Crippen LogP contribution in [0.2, 0.25) is 0 Å². The van der Waals surface area contributed by atoms with E-state index in [9.17, 15) is 14.9 Å². The number of nitro benzene ring substituents is 1. The molecule has 0 radical (unpaired) electrons. The number of nitro groups is 1. The molecule has 2 heterocycles.